The third-order valence-electron chi connectivity index (χ3n) is 1.52. The average molecular weight is 256 g/mol. The van der Waals surface area contributed by atoms with E-state index in [1.807, 2.05) is 0 Å². The second-order valence-corrected chi connectivity index (χ2v) is 4.22. The topological polar surface area (TPSA) is 105 Å². The second-order valence-electron chi connectivity index (χ2n) is 2.58. The van der Waals surface area contributed by atoms with Gasteiger partial charge in [-0.05, 0) is 0 Å². The standard InChI is InChI=1S/C7H4N4O3S2/c12-5(10-4-1-8-11-16-4)6-9-3(2-15-6)7(13)14/h1-2H,(H,10,12)(H,13,14). The summed E-state index contributed by atoms with van der Waals surface area (Å²) < 4.78 is 3.57. The van der Waals surface area contributed by atoms with Gasteiger partial charge < -0.3 is 10.4 Å². The van der Waals surface area contributed by atoms with Crippen molar-refractivity contribution in [1.29, 1.82) is 0 Å². The maximum absolute atomic E-state index is 11.5. The Morgan fingerprint density at radius 3 is 2.81 bits per heavy atom. The highest BCUT2D eigenvalue weighted by atomic mass is 32.1. The molecule has 0 saturated carbocycles. The second kappa shape index (κ2) is 4.33. The van der Waals surface area contributed by atoms with Crippen LogP contribution in [0.25, 0.3) is 0 Å². The molecule has 0 aliphatic heterocycles. The van der Waals surface area contributed by atoms with E-state index in [2.05, 4.69) is 19.9 Å². The van der Waals surface area contributed by atoms with Crippen molar-refractivity contribution in [3.05, 3.63) is 22.3 Å². The summed E-state index contributed by atoms with van der Waals surface area (Å²) in [6.45, 7) is 0. The van der Waals surface area contributed by atoms with Crippen LogP contribution in [0.4, 0.5) is 5.00 Å². The van der Waals surface area contributed by atoms with E-state index in [4.69, 9.17) is 5.11 Å². The highest BCUT2D eigenvalue weighted by Gasteiger charge is 2.15. The van der Waals surface area contributed by atoms with Gasteiger partial charge in [0.15, 0.2) is 10.7 Å². The number of amides is 1. The molecule has 0 aliphatic rings. The quantitative estimate of drug-likeness (QED) is 0.846. The van der Waals surface area contributed by atoms with Gasteiger partial charge in [0.05, 0.1) is 6.20 Å². The average Bonchev–Trinajstić information content (AvgIpc) is 2.86. The number of nitrogens with one attached hydrogen (secondary N) is 1. The van der Waals surface area contributed by atoms with Crippen LogP contribution in [0.3, 0.4) is 0 Å². The first kappa shape index (κ1) is 10.6. The molecule has 7 nitrogen and oxygen atoms in total. The fourth-order valence-electron chi connectivity index (χ4n) is 0.864. The van der Waals surface area contributed by atoms with Crippen LogP contribution >= 0.6 is 22.9 Å². The molecule has 16 heavy (non-hydrogen) atoms. The fourth-order valence-corrected chi connectivity index (χ4v) is 1.96. The Hall–Kier alpha value is -1.87. The number of nitrogens with zero attached hydrogens (tertiary/aromatic N) is 3. The number of aromatic nitrogens is 3. The van der Waals surface area contributed by atoms with Gasteiger partial charge in [-0.2, -0.15) is 0 Å². The lowest BCUT2D eigenvalue weighted by Crippen LogP contribution is -2.11. The molecule has 2 N–H and O–H groups in total. The number of carbonyl (C=O) groups is 2. The fraction of sp³-hybridized carbons (Fsp3) is 0. The lowest BCUT2D eigenvalue weighted by Gasteiger charge is -1.95. The van der Waals surface area contributed by atoms with Gasteiger partial charge in [0.25, 0.3) is 5.91 Å². The molecular formula is C7H4N4O3S2. The summed E-state index contributed by atoms with van der Waals surface area (Å²) in [4.78, 5) is 25.8. The zero-order valence-corrected chi connectivity index (χ0v) is 9.21. The van der Waals surface area contributed by atoms with Gasteiger partial charge in [0.2, 0.25) is 0 Å². The molecule has 82 valence electrons. The van der Waals surface area contributed by atoms with Crippen molar-refractivity contribution < 1.29 is 14.7 Å². The monoisotopic (exact) mass is 256 g/mol. The molecule has 2 aromatic heterocycles. The predicted molar refractivity (Wildman–Crippen MR) is 56.9 cm³/mol. The van der Waals surface area contributed by atoms with Gasteiger partial charge in [-0.1, -0.05) is 4.49 Å². The molecule has 0 aliphatic carbocycles. The molecule has 0 fully saturated rings. The largest absolute Gasteiger partial charge is 0.476 e. The van der Waals surface area contributed by atoms with Crippen LogP contribution in [0.15, 0.2) is 11.6 Å². The van der Waals surface area contributed by atoms with E-state index in [0.717, 1.165) is 22.9 Å². The van der Waals surface area contributed by atoms with Crippen LogP contribution in [0.1, 0.15) is 20.3 Å². The summed E-state index contributed by atoms with van der Waals surface area (Å²) in [5, 5.41) is 16.6. The van der Waals surface area contributed by atoms with Gasteiger partial charge >= 0.3 is 5.97 Å². The van der Waals surface area contributed by atoms with E-state index in [0.29, 0.717) is 5.00 Å². The van der Waals surface area contributed by atoms with Crippen molar-refractivity contribution in [3.8, 4) is 0 Å². The van der Waals surface area contributed by atoms with Crippen molar-refractivity contribution >= 4 is 39.7 Å². The zero-order chi connectivity index (χ0) is 11.5. The van der Waals surface area contributed by atoms with Gasteiger partial charge in [0, 0.05) is 16.9 Å². The summed E-state index contributed by atoms with van der Waals surface area (Å²) in [6, 6.07) is 0. The van der Waals surface area contributed by atoms with E-state index < -0.39 is 11.9 Å². The Balaban J connectivity index is 2.12. The summed E-state index contributed by atoms with van der Waals surface area (Å²) in [5.74, 6) is -1.63. The highest BCUT2D eigenvalue weighted by molar-refractivity contribution is 7.12. The Labute approximate surface area is 96.9 Å². The van der Waals surface area contributed by atoms with Crippen molar-refractivity contribution in [2.45, 2.75) is 0 Å². The third kappa shape index (κ3) is 2.20. The molecule has 2 aromatic rings. The third-order valence-corrected chi connectivity index (χ3v) is 2.94. The number of carbonyl (C=O) groups excluding carboxylic acids is 1. The van der Waals surface area contributed by atoms with E-state index >= 15 is 0 Å². The van der Waals surface area contributed by atoms with Crippen LogP contribution < -0.4 is 5.32 Å². The minimum atomic E-state index is -1.16. The number of hydrogen-bond acceptors (Lipinski definition) is 7. The summed E-state index contributed by atoms with van der Waals surface area (Å²) >= 11 is 1.99. The highest BCUT2D eigenvalue weighted by Crippen LogP contribution is 2.14. The van der Waals surface area contributed by atoms with Gasteiger partial charge in [0.1, 0.15) is 5.00 Å². The van der Waals surface area contributed by atoms with Gasteiger partial charge in [-0.15, -0.1) is 16.4 Å². The maximum atomic E-state index is 11.5. The van der Waals surface area contributed by atoms with E-state index in [-0.39, 0.29) is 10.7 Å². The van der Waals surface area contributed by atoms with Crippen molar-refractivity contribution in [2.75, 3.05) is 5.32 Å². The lowest BCUT2D eigenvalue weighted by molar-refractivity contribution is 0.0691. The van der Waals surface area contributed by atoms with Crippen LogP contribution in [-0.4, -0.2) is 31.6 Å². The van der Waals surface area contributed by atoms with Crippen LogP contribution in [0, 0.1) is 0 Å². The van der Waals surface area contributed by atoms with E-state index in [1.165, 1.54) is 11.6 Å². The molecule has 0 saturated heterocycles. The molecule has 9 heteroatoms. The molecule has 0 radical (unpaired) electrons. The predicted octanol–water partition coefficient (Wildman–Crippen LogP) is 0.945. The van der Waals surface area contributed by atoms with Crippen molar-refractivity contribution in [1.82, 2.24) is 14.6 Å². The first-order valence-corrected chi connectivity index (χ1v) is 5.59. The SMILES string of the molecule is O=C(O)c1csc(C(=O)Nc2cnns2)n1. The molecule has 0 bridgehead atoms. The zero-order valence-electron chi connectivity index (χ0n) is 7.58. The molecule has 0 aromatic carbocycles. The molecular weight excluding hydrogens is 252 g/mol. The smallest absolute Gasteiger partial charge is 0.355 e. The number of carboxylic acids is 1. The van der Waals surface area contributed by atoms with Crippen LogP contribution in [0.5, 0.6) is 0 Å². The number of hydrogen-bond donors (Lipinski definition) is 2. The number of thiazole rings is 1. The normalized spacial score (nSPS) is 10.0. The van der Waals surface area contributed by atoms with E-state index in [9.17, 15) is 9.59 Å². The Morgan fingerprint density at radius 1 is 1.44 bits per heavy atom. The minimum absolute atomic E-state index is 0.0887. The van der Waals surface area contributed by atoms with Crippen molar-refractivity contribution in [2.24, 2.45) is 0 Å². The summed E-state index contributed by atoms with van der Waals surface area (Å²) in [6.07, 6.45) is 1.40. The summed E-state index contributed by atoms with van der Waals surface area (Å²) in [5.41, 5.74) is -0.141. The lowest BCUT2D eigenvalue weighted by atomic mass is 10.5. The number of carboxylic acid groups (broad SMARTS) is 1. The van der Waals surface area contributed by atoms with Gasteiger partial charge in [-0.25, -0.2) is 9.78 Å². The molecule has 0 atom stereocenters. The van der Waals surface area contributed by atoms with E-state index in [1.54, 1.807) is 0 Å². The Morgan fingerprint density at radius 2 is 2.25 bits per heavy atom. The minimum Gasteiger partial charge on any atom is -0.476 e. The van der Waals surface area contributed by atoms with Gasteiger partial charge in [-0.3, -0.25) is 4.79 Å². The molecule has 0 spiro atoms. The number of anilines is 1. The maximum Gasteiger partial charge on any atom is 0.355 e. The Kier molecular flexibility index (Phi) is 2.88. The van der Waals surface area contributed by atoms with Crippen molar-refractivity contribution in [3.63, 3.8) is 0 Å². The first-order chi connectivity index (χ1) is 7.66. The molecule has 0 unspecified atom stereocenters. The van der Waals surface area contributed by atoms with Crippen LogP contribution in [0.2, 0.25) is 0 Å². The Bertz CT molecular complexity index is 521. The van der Waals surface area contributed by atoms with Crippen LogP contribution in [-0.2, 0) is 0 Å². The number of aromatic carboxylic acids is 1. The molecule has 2 rings (SSSR count). The summed E-state index contributed by atoms with van der Waals surface area (Å²) in [7, 11) is 0. The first-order valence-electron chi connectivity index (χ1n) is 3.94. The molecule has 1 amide bonds. The number of rotatable bonds is 3. The molecule has 2 heterocycles.